The molecule has 0 spiro atoms. The van der Waals surface area contributed by atoms with E-state index in [1.807, 2.05) is 30.3 Å². The number of para-hydroxylation sites is 1. The number of hydrogen-bond acceptors (Lipinski definition) is 5. The summed E-state index contributed by atoms with van der Waals surface area (Å²) < 4.78 is 0. The van der Waals surface area contributed by atoms with E-state index in [0.717, 1.165) is 35.0 Å². The van der Waals surface area contributed by atoms with E-state index in [2.05, 4.69) is 38.1 Å². The van der Waals surface area contributed by atoms with Crippen molar-refractivity contribution in [3.8, 4) is 6.07 Å². The van der Waals surface area contributed by atoms with Gasteiger partial charge < -0.3 is 9.88 Å². The first-order valence-corrected chi connectivity index (χ1v) is 8.76. The van der Waals surface area contributed by atoms with Crippen LogP contribution in [0.2, 0.25) is 0 Å². The number of H-pyrrole nitrogens is 1. The van der Waals surface area contributed by atoms with Crippen LogP contribution in [-0.4, -0.2) is 27.2 Å². The van der Waals surface area contributed by atoms with E-state index >= 15 is 0 Å². The molecule has 2 aromatic heterocycles. The summed E-state index contributed by atoms with van der Waals surface area (Å²) >= 11 is 1.71. The van der Waals surface area contributed by atoms with Gasteiger partial charge in [0.25, 0.3) is 0 Å². The van der Waals surface area contributed by atoms with Gasteiger partial charge in [-0.1, -0.05) is 18.2 Å². The highest BCUT2D eigenvalue weighted by atomic mass is 32.2. The van der Waals surface area contributed by atoms with Crippen LogP contribution in [0.3, 0.4) is 0 Å². The third kappa shape index (κ3) is 2.63. The number of thioether (sulfide) groups is 1. The molecule has 1 aliphatic heterocycles. The average Bonchev–Trinajstić information content (AvgIpc) is 3.07. The summed E-state index contributed by atoms with van der Waals surface area (Å²) in [5.74, 6) is 1.58. The zero-order valence-electron chi connectivity index (χ0n) is 12.9. The fourth-order valence-electron chi connectivity index (χ4n) is 2.80. The van der Waals surface area contributed by atoms with Crippen LogP contribution < -0.4 is 4.90 Å². The van der Waals surface area contributed by atoms with Crippen molar-refractivity contribution in [1.82, 2.24) is 15.0 Å². The maximum Gasteiger partial charge on any atom is 0.178 e. The van der Waals surface area contributed by atoms with E-state index in [1.165, 1.54) is 0 Å². The molecule has 0 saturated carbocycles. The smallest absolute Gasteiger partial charge is 0.178 e. The summed E-state index contributed by atoms with van der Waals surface area (Å²) in [5.41, 5.74) is 3.14. The van der Waals surface area contributed by atoms with Gasteiger partial charge in [-0.25, -0.2) is 9.97 Å². The number of hydrogen-bond donors (Lipinski definition) is 1. The summed E-state index contributed by atoms with van der Waals surface area (Å²) in [6, 6.07) is 16.3. The van der Waals surface area contributed by atoms with Gasteiger partial charge in [-0.15, -0.1) is 11.8 Å². The molecule has 0 amide bonds. The lowest BCUT2D eigenvalue weighted by Crippen LogP contribution is -2.27. The Bertz CT molecular complexity index is 906. The normalized spacial score (nSPS) is 16.9. The van der Waals surface area contributed by atoms with Gasteiger partial charge in [0.2, 0.25) is 0 Å². The number of nitriles is 1. The predicted octanol–water partition coefficient (Wildman–Crippen LogP) is 3.79. The largest absolute Gasteiger partial charge is 0.336 e. The lowest BCUT2D eigenvalue weighted by Gasteiger charge is -2.31. The Morgan fingerprint density at radius 3 is 2.88 bits per heavy atom. The quantitative estimate of drug-likeness (QED) is 0.723. The number of aromatic amines is 1. The van der Waals surface area contributed by atoms with Gasteiger partial charge in [-0.2, -0.15) is 5.26 Å². The topological polar surface area (TPSA) is 68.6 Å². The first-order valence-electron chi connectivity index (χ1n) is 7.77. The molecule has 1 aromatic carbocycles. The van der Waals surface area contributed by atoms with E-state index in [-0.39, 0.29) is 0 Å². The predicted molar refractivity (Wildman–Crippen MR) is 97.3 cm³/mol. The molecule has 5 nitrogen and oxygen atoms in total. The first kappa shape index (κ1) is 14.8. The van der Waals surface area contributed by atoms with Gasteiger partial charge in [-0.3, -0.25) is 0 Å². The van der Waals surface area contributed by atoms with Crippen LogP contribution >= 0.6 is 11.8 Å². The number of benzene rings is 1. The van der Waals surface area contributed by atoms with Crippen molar-refractivity contribution in [3.63, 3.8) is 0 Å². The molecule has 1 saturated heterocycles. The van der Waals surface area contributed by atoms with Crippen LogP contribution in [0.4, 0.5) is 5.69 Å². The van der Waals surface area contributed by atoms with Crippen LogP contribution in [0, 0.1) is 11.3 Å². The van der Waals surface area contributed by atoms with Crippen LogP contribution in [0.1, 0.15) is 12.2 Å². The second kappa shape index (κ2) is 6.38. The molecular weight excluding hydrogens is 318 g/mol. The summed E-state index contributed by atoms with van der Waals surface area (Å²) in [4.78, 5) is 14.2. The Morgan fingerprint density at radius 1 is 1.21 bits per heavy atom. The summed E-state index contributed by atoms with van der Waals surface area (Å²) in [5, 5.41) is 10.7. The van der Waals surface area contributed by atoms with Crippen LogP contribution in [0.25, 0.3) is 16.7 Å². The number of aromatic nitrogens is 3. The molecule has 1 aliphatic rings. The summed E-state index contributed by atoms with van der Waals surface area (Å²) in [7, 11) is 0. The molecule has 0 radical (unpaired) electrons. The molecule has 3 heterocycles. The van der Waals surface area contributed by atoms with Crippen molar-refractivity contribution < 1.29 is 0 Å². The van der Waals surface area contributed by atoms with Gasteiger partial charge in [-0.05, 0) is 30.7 Å². The van der Waals surface area contributed by atoms with Crippen LogP contribution in [-0.2, 0) is 0 Å². The van der Waals surface area contributed by atoms with Crippen LogP contribution in [0.15, 0.2) is 53.7 Å². The first-order chi connectivity index (χ1) is 11.9. The maximum atomic E-state index is 9.79. The van der Waals surface area contributed by atoms with Crippen molar-refractivity contribution in [2.75, 3.05) is 17.2 Å². The molecule has 24 heavy (non-hydrogen) atoms. The van der Waals surface area contributed by atoms with Gasteiger partial charge in [0, 0.05) is 24.2 Å². The van der Waals surface area contributed by atoms with E-state index in [4.69, 9.17) is 0 Å². The number of allylic oxidation sites excluding steroid dienone is 1. The minimum atomic E-state index is 0.571. The van der Waals surface area contributed by atoms with Crippen molar-refractivity contribution in [2.24, 2.45) is 0 Å². The van der Waals surface area contributed by atoms with Crippen LogP contribution in [0.5, 0.6) is 0 Å². The lowest BCUT2D eigenvalue weighted by molar-refractivity contribution is 0.864. The Kier molecular flexibility index (Phi) is 3.93. The van der Waals surface area contributed by atoms with Gasteiger partial charge >= 0.3 is 0 Å². The van der Waals surface area contributed by atoms with Crippen molar-refractivity contribution in [3.05, 3.63) is 59.5 Å². The molecule has 1 fully saturated rings. The second-order valence-electron chi connectivity index (χ2n) is 5.44. The zero-order valence-corrected chi connectivity index (χ0v) is 13.8. The summed E-state index contributed by atoms with van der Waals surface area (Å²) in [6.45, 7) is 0.899. The number of nitrogens with one attached hydrogen (secondary N) is 1. The third-order valence-electron chi connectivity index (χ3n) is 3.90. The Balaban J connectivity index is 1.84. The minimum Gasteiger partial charge on any atom is -0.336 e. The van der Waals surface area contributed by atoms with E-state index in [1.54, 1.807) is 18.0 Å². The fraction of sp³-hybridized carbons (Fsp3) is 0.167. The maximum absolute atomic E-state index is 9.79. The van der Waals surface area contributed by atoms with Crippen molar-refractivity contribution in [2.45, 2.75) is 6.42 Å². The zero-order chi connectivity index (χ0) is 16.4. The lowest BCUT2D eigenvalue weighted by atomic mass is 10.2. The van der Waals surface area contributed by atoms with Crippen molar-refractivity contribution in [1.29, 1.82) is 5.26 Å². The van der Waals surface area contributed by atoms with Gasteiger partial charge in [0.15, 0.2) is 11.5 Å². The number of imidazole rings is 1. The van der Waals surface area contributed by atoms with E-state index < -0.39 is 0 Å². The van der Waals surface area contributed by atoms with Crippen molar-refractivity contribution >= 4 is 34.2 Å². The number of nitrogens with zero attached hydrogens (tertiary/aromatic N) is 4. The minimum absolute atomic E-state index is 0.571. The van der Waals surface area contributed by atoms with E-state index in [0.29, 0.717) is 17.0 Å². The molecule has 3 aromatic rings. The van der Waals surface area contributed by atoms with E-state index in [9.17, 15) is 5.26 Å². The molecule has 6 heteroatoms. The number of fused-ring (bicyclic) bond motifs is 1. The highest BCUT2D eigenvalue weighted by Gasteiger charge is 2.23. The van der Waals surface area contributed by atoms with Gasteiger partial charge in [0.05, 0.1) is 10.5 Å². The third-order valence-corrected chi connectivity index (χ3v) is 5.09. The Labute approximate surface area is 144 Å². The number of anilines is 1. The SMILES string of the molecule is N#CC(=C1SCCCN1c1ccccc1)c1nc2ncccc2[nH]1. The second-order valence-corrected chi connectivity index (χ2v) is 6.52. The molecule has 0 bridgehead atoms. The standard InChI is InChI=1S/C18H15N5S/c19-12-14(16-21-15-8-4-9-20-17(15)22-16)18-23(10-5-11-24-18)13-6-2-1-3-7-13/h1-4,6-9H,5,10-11H2,(H,20,21,22). The van der Waals surface area contributed by atoms with Gasteiger partial charge in [0.1, 0.15) is 11.6 Å². The average molecular weight is 333 g/mol. The molecule has 0 aliphatic carbocycles. The number of rotatable bonds is 2. The highest BCUT2D eigenvalue weighted by Crippen LogP contribution is 2.36. The molecule has 118 valence electrons. The molecule has 4 rings (SSSR count). The molecule has 1 N–H and O–H groups in total. The number of pyridine rings is 1. The highest BCUT2D eigenvalue weighted by molar-refractivity contribution is 8.03. The Morgan fingerprint density at radius 2 is 2.08 bits per heavy atom. The molecule has 0 atom stereocenters. The monoisotopic (exact) mass is 333 g/mol. The summed E-state index contributed by atoms with van der Waals surface area (Å²) in [6.07, 6.45) is 2.79. The fourth-order valence-corrected chi connectivity index (χ4v) is 3.90. The Hall–Kier alpha value is -2.78. The molecular formula is C18H15N5S. The molecule has 0 unspecified atom stereocenters.